The molecule has 4 aliphatic rings. The zero-order valence-corrected chi connectivity index (χ0v) is 22.5. The Morgan fingerprint density at radius 2 is 1.89 bits per heavy atom. The van der Waals surface area contributed by atoms with Crippen molar-refractivity contribution in [1.29, 1.82) is 0 Å². The van der Waals surface area contributed by atoms with Gasteiger partial charge in [0.15, 0.2) is 5.78 Å². The number of aliphatic hydroxyl groups is 2. The molecule has 4 aliphatic carbocycles. The zero-order valence-electron chi connectivity index (χ0n) is 21.7. The normalized spacial score (nSPS) is 42.7. The predicted molar refractivity (Wildman–Crippen MR) is 133 cm³/mol. The van der Waals surface area contributed by atoms with Gasteiger partial charge in [-0.3, -0.25) is 9.35 Å². The van der Waals surface area contributed by atoms with Gasteiger partial charge in [0.2, 0.25) is 0 Å². The van der Waals surface area contributed by atoms with E-state index in [0.717, 1.165) is 24.8 Å². The molecule has 35 heavy (non-hydrogen) atoms. The van der Waals surface area contributed by atoms with Crippen LogP contribution in [0.2, 0.25) is 0 Å². The van der Waals surface area contributed by atoms with Crippen LogP contribution in [-0.4, -0.2) is 46.8 Å². The summed E-state index contributed by atoms with van der Waals surface area (Å²) in [5, 5.41) is 22.8. The highest BCUT2D eigenvalue weighted by Crippen LogP contribution is 2.67. The van der Waals surface area contributed by atoms with E-state index in [-0.39, 0.29) is 40.8 Å². The lowest BCUT2D eigenvalue weighted by Gasteiger charge is -2.58. The molecule has 0 aromatic rings. The van der Waals surface area contributed by atoms with E-state index >= 15 is 0 Å². The number of hydrogen-bond donors (Lipinski definition) is 3. The average Bonchev–Trinajstić information content (AvgIpc) is 3.05. The Labute approximate surface area is 210 Å². The van der Waals surface area contributed by atoms with Crippen molar-refractivity contribution in [2.24, 2.45) is 34.5 Å². The Balaban J connectivity index is 1.59. The van der Waals surface area contributed by atoms with E-state index in [2.05, 4.69) is 19.9 Å². The van der Waals surface area contributed by atoms with Gasteiger partial charge >= 0.3 is 10.4 Å². The molecule has 0 spiro atoms. The molecular weight excluding hydrogens is 468 g/mol. The molecule has 3 saturated carbocycles. The fraction of sp³-hybridized carbons (Fsp3) is 0.815. The summed E-state index contributed by atoms with van der Waals surface area (Å²) in [6, 6.07) is 0. The molecule has 0 aliphatic heterocycles. The minimum atomic E-state index is -4.53. The van der Waals surface area contributed by atoms with Crippen LogP contribution in [0.15, 0.2) is 23.3 Å². The van der Waals surface area contributed by atoms with Gasteiger partial charge in [-0.15, -0.1) is 0 Å². The van der Waals surface area contributed by atoms with E-state index in [1.165, 1.54) is 5.57 Å². The van der Waals surface area contributed by atoms with Crippen LogP contribution in [-0.2, 0) is 19.4 Å². The zero-order chi connectivity index (χ0) is 26.0. The molecular formula is C27H42O7S. The first-order valence-electron chi connectivity index (χ1n) is 13.0. The van der Waals surface area contributed by atoms with E-state index < -0.39 is 28.2 Å². The van der Waals surface area contributed by atoms with Crippen LogP contribution < -0.4 is 0 Å². The number of rotatable bonds is 6. The highest BCUT2D eigenvalue weighted by atomic mass is 32.3. The van der Waals surface area contributed by atoms with Crippen LogP contribution in [0.25, 0.3) is 0 Å². The van der Waals surface area contributed by atoms with Crippen molar-refractivity contribution < 1.29 is 32.2 Å². The Bertz CT molecular complexity index is 1020. The standard InChI is InChI=1S/C27H42O7S/c1-16(2)12-17(28)15-27(5,30)24-7-6-20-19-14-23(29)22-13-18(34-35(31,32)33)8-10-25(22,3)21(19)9-11-26(20,24)4/h9,12,18-20,22-24,29-30H,6-8,10-11,13-15H2,1-5H3,(H,31,32,33). The third-order valence-electron chi connectivity index (χ3n) is 9.99. The fourth-order valence-electron chi connectivity index (χ4n) is 8.67. The Morgan fingerprint density at radius 1 is 1.20 bits per heavy atom. The van der Waals surface area contributed by atoms with Crippen molar-refractivity contribution in [1.82, 2.24) is 0 Å². The van der Waals surface area contributed by atoms with Gasteiger partial charge in [0.1, 0.15) is 0 Å². The molecule has 9 unspecified atom stereocenters. The van der Waals surface area contributed by atoms with Crippen LogP contribution in [0.3, 0.4) is 0 Å². The van der Waals surface area contributed by atoms with Gasteiger partial charge in [0.25, 0.3) is 0 Å². The Kier molecular flexibility index (Phi) is 6.98. The second-order valence-corrected chi connectivity index (χ2v) is 13.7. The summed E-state index contributed by atoms with van der Waals surface area (Å²) in [6.45, 7) is 10.0. The van der Waals surface area contributed by atoms with Crippen LogP contribution in [0, 0.1) is 34.5 Å². The van der Waals surface area contributed by atoms with Crippen LogP contribution in [0.1, 0.15) is 86.0 Å². The van der Waals surface area contributed by atoms with Crippen molar-refractivity contribution >= 4 is 16.2 Å². The third kappa shape index (κ3) is 4.93. The van der Waals surface area contributed by atoms with E-state index in [4.69, 9.17) is 8.74 Å². The molecule has 0 aromatic carbocycles. The van der Waals surface area contributed by atoms with Crippen molar-refractivity contribution in [2.45, 2.75) is 104 Å². The molecule has 0 saturated heterocycles. The van der Waals surface area contributed by atoms with Gasteiger partial charge in [-0.05, 0) is 106 Å². The largest absolute Gasteiger partial charge is 0.397 e. The molecule has 0 heterocycles. The van der Waals surface area contributed by atoms with Crippen molar-refractivity contribution in [3.8, 4) is 0 Å². The van der Waals surface area contributed by atoms with E-state index in [1.807, 2.05) is 20.8 Å². The molecule has 0 bridgehead atoms. The second-order valence-electron chi connectivity index (χ2n) is 12.7. The van der Waals surface area contributed by atoms with Crippen molar-refractivity contribution in [3.05, 3.63) is 23.3 Å². The van der Waals surface area contributed by atoms with Crippen LogP contribution >= 0.6 is 0 Å². The smallest absolute Gasteiger partial charge is 0.393 e. The van der Waals surface area contributed by atoms with Gasteiger partial charge in [0, 0.05) is 6.42 Å². The van der Waals surface area contributed by atoms with E-state index in [9.17, 15) is 23.4 Å². The Hall–Kier alpha value is -1.06. The molecule has 3 N–H and O–H groups in total. The first-order valence-corrected chi connectivity index (χ1v) is 14.4. The maximum atomic E-state index is 12.5. The lowest BCUT2D eigenvalue weighted by atomic mass is 9.47. The first kappa shape index (κ1) is 27.0. The Morgan fingerprint density at radius 3 is 2.51 bits per heavy atom. The lowest BCUT2D eigenvalue weighted by Crippen LogP contribution is -2.55. The third-order valence-corrected chi connectivity index (χ3v) is 10.5. The molecule has 198 valence electrons. The highest BCUT2D eigenvalue weighted by Gasteiger charge is 2.61. The minimum absolute atomic E-state index is 0.00567. The summed E-state index contributed by atoms with van der Waals surface area (Å²) in [5.41, 5.74) is 0.798. The SMILES string of the molecule is CC(C)=CC(=O)CC(C)(O)C1CCC2C3CC(O)C4CC(OS(=O)(=O)O)CCC4(C)C3=CCC21C. The summed E-state index contributed by atoms with van der Waals surface area (Å²) < 4.78 is 36.5. The molecule has 0 aromatic heterocycles. The fourth-order valence-corrected chi connectivity index (χ4v) is 9.18. The number of allylic oxidation sites excluding steroid dienone is 4. The van der Waals surface area contributed by atoms with Crippen LogP contribution in [0.5, 0.6) is 0 Å². The number of hydrogen-bond acceptors (Lipinski definition) is 6. The number of aliphatic hydroxyl groups excluding tert-OH is 1. The first-order chi connectivity index (χ1) is 16.1. The molecule has 0 radical (unpaired) electrons. The predicted octanol–water partition coefficient (Wildman–Crippen LogP) is 4.40. The van der Waals surface area contributed by atoms with Crippen molar-refractivity contribution in [3.63, 3.8) is 0 Å². The van der Waals surface area contributed by atoms with Gasteiger partial charge in [-0.25, -0.2) is 4.18 Å². The van der Waals surface area contributed by atoms with Gasteiger partial charge in [0.05, 0.1) is 17.8 Å². The maximum Gasteiger partial charge on any atom is 0.397 e. The summed E-state index contributed by atoms with van der Waals surface area (Å²) >= 11 is 0. The summed E-state index contributed by atoms with van der Waals surface area (Å²) in [4.78, 5) is 12.5. The lowest BCUT2D eigenvalue weighted by molar-refractivity contribution is -0.126. The molecule has 8 heteroatoms. The highest BCUT2D eigenvalue weighted by molar-refractivity contribution is 7.80. The topological polar surface area (TPSA) is 121 Å². The summed E-state index contributed by atoms with van der Waals surface area (Å²) in [5.74, 6) is 0.349. The van der Waals surface area contributed by atoms with E-state index in [0.29, 0.717) is 31.6 Å². The van der Waals surface area contributed by atoms with Gasteiger partial charge < -0.3 is 10.2 Å². The molecule has 4 rings (SSSR count). The van der Waals surface area contributed by atoms with E-state index in [1.54, 1.807) is 6.08 Å². The monoisotopic (exact) mass is 510 g/mol. The van der Waals surface area contributed by atoms with Crippen molar-refractivity contribution in [2.75, 3.05) is 0 Å². The van der Waals surface area contributed by atoms with Gasteiger partial charge in [-0.1, -0.05) is 31.1 Å². The summed E-state index contributed by atoms with van der Waals surface area (Å²) in [6.07, 6.45) is 7.70. The minimum Gasteiger partial charge on any atom is -0.393 e. The molecule has 0 amide bonds. The average molecular weight is 511 g/mol. The molecule has 7 nitrogen and oxygen atoms in total. The number of fused-ring (bicyclic) bond motifs is 5. The molecule has 3 fully saturated rings. The van der Waals surface area contributed by atoms with Gasteiger partial charge in [-0.2, -0.15) is 8.42 Å². The maximum absolute atomic E-state index is 12.5. The number of ketones is 1. The molecule has 9 atom stereocenters. The second kappa shape index (κ2) is 9.05. The quantitative estimate of drug-likeness (QED) is 0.275. The van der Waals surface area contributed by atoms with Crippen LogP contribution in [0.4, 0.5) is 0 Å². The number of carbonyl (C=O) groups excluding carboxylic acids is 1. The number of carbonyl (C=O) groups is 1. The summed E-state index contributed by atoms with van der Waals surface area (Å²) in [7, 11) is -4.53.